The molecule has 2 atom stereocenters. The lowest BCUT2D eigenvalue weighted by Gasteiger charge is -2.35. The topological polar surface area (TPSA) is 101 Å². The van der Waals surface area contributed by atoms with Crippen LogP contribution in [0.4, 0.5) is 37.3 Å². The van der Waals surface area contributed by atoms with Crippen molar-refractivity contribution in [1.82, 2.24) is 24.8 Å². The Labute approximate surface area is 268 Å². The van der Waals surface area contributed by atoms with Crippen molar-refractivity contribution in [2.24, 2.45) is 0 Å². The molecule has 3 aliphatic heterocycles. The van der Waals surface area contributed by atoms with Gasteiger partial charge in [0.15, 0.2) is 10.9 Å². The third kappa shape index (κ3) is 5.40. The molecular formula is C31H29F6N7O2S. The highest BCUT2D eigenvalue weighted by molar-refractivity contribution is 7.22. The molecule has 3 aliphatic rings. The largest absolute Gasteiger partial charge is 0.461 e. The first-order valence-corrected chi connectivity index (χ1v) is 15.8. The Hall–Kier alpha value is -4.18. The van der Waals surface area contributed by atoms with Gasteiger partial charge in [-0.2, -0.15) is 23.1 Å². The van der Waals surface area contributed by atoms with Crippen molar-refractivity contribution in [3.63, 3.8) is 0 Å². The highest BCUT2D eigenvalue weighted by atomic mass is 32.1. The quantitative estimate of drug-likeness (QED) is 0.209. The second kappa shape index (κ2) is 11.5. The van der Waals surface area contributed by atoms with E-state index >= 15 is 4.39 Å². The number of fused-ring (bicyclic) bond motifs is 3. The maximum absolute atomic E-state index is 16.8. The highest BCUT2D eigenvalue weighted by Gasteiger charge is 2.49. The number of nitrogens with two attached hydrogens (primary N) is 1. The Kier molecular flexibility index (Phi) is 7.69. The first-order valence-electron chi connectivity index (χ1n) is 15.0. The average molecular weight is 678 g/mol. The van der Waals surface area contributed by atoms with Gasteiger partial charge in [-0.3, -0.25) is 9.69 Å². The maximum atomic E-state index is 16.8. The number of aromatic nitrogens is 3. The number of nitrogens with zero attached hydrogens (tertiary/aromatic N) is 6. The lowest BCUT2D eigenvalue weighted by molar-refractivity contribution is -0.137. The number of anilines is 2. The number of thiazole rings is 1. The number of hydrogen-bond donors (Lipinski definition) is 1. The van der Waals surface area contributed by atoms with Crippen LogP contribution in [0.5, 0.6) is 6.01 Å². The van der Waals surface area contributed by atoms with Crippen molar-refractivity contribution >= 4 is 49.3 Å². The van der Waals surface area contributed by atoms with Crippen LogP contribution in [0.3, 0.4) is 0 Å². The van der Waals surface area contributed by atoms with Crippen LogP contribution in [0.15, 0.2) is 30.9 Å². The molecule has 2 N–H and O–H groups in total. The molecule has 4 aromatic rings. The third-order valence-corrected chi connectivity index (χ3v) is 10.2. The molecular weight excluding hydrogens is 648 g/mol. The van der Waals surface area contributed by atoms with Crippen molar-refractivity contribution in [1.29, 1.82) is 0 Å². The molecule has 2 unspecified atom stereocenters. The Morgan fingerprint density at radius 2 is 1.89 bits per heavy atom. The number of ether oxygens (including phenoxy) is 1. The van der Waals surface area contributed by atoms with E-state index in [-0.39, 0.29) is 89.8 Å². The Bertz CT molecular complexity index is 1910. The summed E-state index contributed by atoms with van der Waals surface area (Å²) in [4.78, 5) is 30.2. The Balaban J connectivity index is 1.40. The van der Waals surface area contributed by atoms with Crippen LogP contribution in [0.1, 0.15) is 24.8 Å². The number of alkyl halides is 4. The van der Waals surface area contributed by atoms with E-state index in [0.29, 0.717) is 13.0 Å². The first-order chi connectivity index (χ1) is 22.4. The molecule has 47 heavy (non-hydrogen) atoms. The van der Waals surface area contributed by atoms with Gasteiger partial charge in [-0.15, -0.1) is 0 Å². The number of halogens is 6. The van der Waals surface area contributed by atoms with Gasteiger partial charge in [-0.25, -0.2) is 18.2 Å². The molecule has 3 saturated heterocycles. The van der Waals surface area contributed by atoms with Crippen LogP contribution in [0.25, 0.3) is 32.2 Å². The number of carbonyl (C=O) groups is 1. The number of piperazine rings is 1. The lowest BCUT2D eigenvalue weighted by atomic mass is 9.95. The van der Waals surface area contributed by atoms with Crippen LogP contribution in [-0.2, 0) is 11.0 Å². The van der Waals surface area contributed by atoms with E-state index in [9.17, 15) is 26.7 Å². The molecule has 0 radical (unpaired) electrons. The number of carbonyl (C=O) groups excluding carboxylic acids is 1. The Morgan fingerprint density at radius 3 is 2.62 bits per heavy atom. The second-order valence-electron chi connectivity index (χ2n) is 12.0. The van der Waals surface area contributed by atoms with Gasteiger partial charge in [0.05, 0.1) is 21.3 Å². The van der Waals surface area contributed by atoms with E-state index in [1.807, 2.05) is 4.90 Å². The van der Waals surface area contributed by atoms with Gasteiger partial charge in [-0.1, -0.05) is 17.9 Å². The van der Waals surface area contributed by atoms with Gasteiger partial charge < -0.3 is 20.3 Å². The lowest BCUT2D eigenvalue weighted by Crippen LogP contribution is -2.48. The predicted molar refractivity (Wildman–Crippen MR) is 165 cm³/mol. The van der Waals surface area contributed by atoms with Crippen LogP contribution in [0, 0.1) is 11.6 Å². The normalized spacial score (nSPS) is 22.0. The summed E-state index contributed by atoms with van der Waals surface area (Å²) in [6.45, 7) is 5.26. The molecule has 0 spiro atoms. The number of benzene rings is 2. The van der Waals surface area contributed by atoms with Crippen LogP contribution in [-0.4, -0.2) is 88.2 Å². The van der Waals surface area contributed by atoms with Gasteiger partial charge in [0, 0.05) is 55.7 Å². The molecule has 16 heteroatoms. The van der Waals surface area contributed by atoms with Gasteiger partial charge in [0.2, 0.25) is 5.91 Å². The zero-order valence-corrected chi connectivity index (χ0v) is 25.7. The van der Waals surface area contributed by atoms with Crippen molar-refractivity contribution in [3.8, 4) is 17.1 Å². The maximum Gasteiger partial charge on any atom is 0.417 e. The summed E-state index contributed by atoms with van der Waals surface area (Å²) in [6, 6.07) is 2.47. The summed E-state index contributed by atoms with van der Waals surface area (Å²) in [7, 11) is 0. The molecule has 248 valence electrons. The third-order valence-electron chi connectivity index (χ3n) is 9.27. The van der Waals surface area contributed by atoms with Crippen molar-refractivity contribution in [2.75, 3.05) is 56.5 Å². The summed E-state index contributed by atoms with van der Waals surface area (Å²) in [5.41, 5.74) is 2.01. The number of rotatable bonds is 6. The Morgan fingerprint density at radius 1 is 1.13 bits per heavy atom. The SMILES string of the molecule is C=CC(=O)N1CCN(c2nc(OCC34CCCN3CC(F)C4)nc3c(F)c(-c4ccc(F)c5sc(N)nc45)c(C(F)(F)F)cc23)CC1. The van der Waals surface area contributed by atoms with Crippen molar-refractivity contribution < 1.29 is 35.9 Å². The van der Waals surface area contributed by atoms with Crippen molar-refractivity contribution in [2.45, 2.75) is 37.1 Å². The van der Waals surface area contributed by atoms with Gasteiger partial charge in [-0.05, 0) is 43.7 Å². The molecule has 0 bridgehead atoms. The van der Waals surface area contributed by atoms with Crippen LogP contribution in [0.2, 0.25) is 0 Å². The standard InChI is InChI=1S/C31H29F6N7O2S/c1-2-21(45)42-8-10-43(11-9-42)27-18-12-19(31(35,36)37)22(17-4-5-20(33)26-25(17)39-28(38)47-26)23(34)24(18)40-29(41-27)46-15-30-6-3-7-44(30)14-16(32)13-30/h2,4-5,12,16H,1,3,6-11,13-15H2,(H2,38,39). The molecule has 3 fully saturated rings. The fourth-order valence-corrected chi connectivity index (χ4v) is 7.86. The van der Waals surface area contributed by atoms with Crippen LogP contribution >= 0.6 is 11.3 Å². The first kappa shape index (κ1) is 31.4. The summed E-state index contributed by atoms with van der Waals surface area (Å²) >= 11 is 0.734. The highest BCUT2D eigenvalue weighted by Crippen LogP contribution is 2.46. The average Bonchev–Trinajstić information content (AvgIpc) is 3.71. The minimum atomic E-state index is -5.05. The summed E-state index contributed by atoms with van der Waals surface area (Å²) in [6.07, 6.45) is -3.14. The van der Waals surface area contributed by atoms with Crippen molar-refractivity contribution in [3.05, 3.63) is 48.1 Å². The molecule has 7 rings (SSSR count). The molecule has 0 saturated carbocycles. The van der Waals surface area contributed by atoms with Gasteiger partial charge in [0.1, 0.15) is 29.9 Å². The van der Waals surface area contributed by atoms with Gasteiger partial charge >= 0.3 is 12.2 Å². The summed E-state index contributed by atoms with van der Waals surface area (Å²) in [5.74, 6) is -2.39. The number of nitrogen functional groups attached to an aromatic ring is 1. The molecule has 9 nitrogen and oxygen atoms in total. The minimum absolute atomic E-state index is 0.00573. The zero-order valence-electron chi connectivity index (χ0n) is 24.9. The monoisotopic (exact) mass is 677 g/mol. The van der Waals surface area contributed by atoms with E-state index in [1.165, 1.54) is 11.0 Å². The fraction of sp³-hybridized carbons (Fsp3) is 0.419. The molecule has 0 aliphatic carbocycles. The van der Waals surface area contributed by atoms with E-state index in [4.69, 9.17) is 10.5 Å². The van der Waals surface area contributed by atoms with E-state index in [0.717, 1.165) is 36.0 Å². The molecule has 2 aromatic carbocycles. The van der Waals surface area contributed by atoms with Gasteiger partial charge in [0.25, 0.3) is 0 Å². The molecule has 2 aromatic heterocycles. The minimum Gasteiger partial charge on any atom is -0.461 e. The predicted octanol–water partition coefficient (Wildman–Crippen LogP) is 5.58. The van der Waals surface area contributed by atoms with E-state index in [2.05, 4.69) is 21.5 Å². The summed E-state index contributed by atoms with van der Waals surface area (Å²) in [5, 5.41) is -0.325. The number of hydrogen-bond acceptors (Lipinski definition) is 9. The summed E-state index contributed by atoms with van der Waals surface area (Å²) < 4.78 is 96.0. The smallest absolute Gasteiger partial charge is 0.417 e. The van der Waals surface area contributed by atoms with E-state index < -0.39 is 46.2 Å². The molecule has 1 amide bonds. The number of amides is 1. The second-order valence-corrected chi connectivity index (χ2v) is 13.1. The van der Waals surface area contributed by atoms with Crippen LogP contribution < -0.4 is 15.4 Å². The fourth-order valence-electron chi connectivity index (χ4n) is 7.09. The zero-order chi connectivity index (χ0) is 33.2. The molecule has 5 heterocycles. The van der Waals surface area contributed by atoms with E-state index in [1.54, 1.807) is 4.90 Å².